The molecule has 0 bridgehead atoms. The van der Waals surface area contributed by atoms with Crippen LogP contribution in [0.25, 0.3) is 33.2 Å². The van der Waals surface area contributed by atoms with Crippen LogP contribution < -0.4 is 9.47 Å². The Morgan fingerprint density at radius 3 is 2.68 bits per heavy atom. The number of aromatic amines is 1. The third kappa shape index (κ3) is 3.51. The van der Waals surface area contributed by atoms with Crippen LogP contribution in [0.4, 0.5) is 0 Å². The highest BCUT2D eigenvalue weighted by molar-refractivity contribution is 5.99. The Kier molecular flexibility index (Phi) is 4.87. The van der Waals surface area contributed by atoms with Crippen LogP contribution in [0.3, 0.4) is 0 Å². The van der Waals surface area contributed by atoms with E-state index in [1.165, 1.54) is 0 Å². The number of methoxy groups -OCH3 is 1. The molecule has 0 amide bonds. The fourth-order valence-corrected chi connectivity index (χ4v) is 4.49. The van der Waals surface area contributed by atoms with E-state index in [1.54, 1.807) is 13.3 Å². The molecule has 168 valence electrons. The van der Waals surface area contributed by atoms with Crippen molar-refractivity contribution in [2.45, 2.75) is 12.3 Å². The number of fused-ring (bicyclic) bond motifs is 2. The van der Waals surface area contributed by atoms with Gasteiger partial charge in [-0.25, -0.2) is 4.98 Å². The molecule has 3 aromatic carbocycles. The van der Waals surface area contributed by atoms with Crippen molar-refractivity contribution in [1.29, 1.82) is 0 Å². The summed E-state index contributed by atoms with van der Waals surface area (Å²) < 4.78 is 11.4. The SMILES string of the molecule is COc1ccc2c(c1)CC(c1nc(O)c3cc(-c4cn[nH]c4)cc(-c4ccccc4)c3n1)CO2. The van der Waals surface area contributed by atoms with Gasteiger partial charge in [0.25, 0.3) is 0 Å². The lowest BCUT2D eigenvalue weighted by atomic mass is 9.94. The van der Waals surface area contributed by atoms with Crippen molar-refractivity contribution in [2.75, 3.05) is 13.7 Å². The van der Waals surface area contributed by atoms with E-state index >= 15 is 0 Å². The summed E-state index contributed by atoms with van der Waals surface area (Å²) in [6, 6.07) is 19.8. The number of ether oxygens (including phenoxy) is 2. The first-order valence-electron chi connectivity index (χ1n) is 11.1. The highest BCUT2D eigenvalue weighted by atomic mass is 16.5. The molecule has 0 saturated carbocycles. The zero-order chi connectivity index (χ0) is 23.1. The molecule has 1 atom stereocenters. The minimum absolute atomic E-state index is 0.0426. The van der Waals surface area contributed by atoms with Gasteiger partial charge in [0.1, 0.15) is 17.3 Å². The molecule has 2 aromatic heterocycles. The molecule has 7 heteroatoms. The fraction of sp³-hybridized carbons (Fsp3) is 0.148. The zero-order valence-electron chi connectivity index (χ0n) is 18.5. The summed E-state index contributed by atoms with van der Waals surface area (Å²) in [5, 5.41) is 18.5. The van der Waals surface area contributed by atoms with Gasteiger partial charge < -0.3 is 14.6 Å². The van der Waals surface area contributed by atoms with E-state index in [0.29, 0.717) is 29.8 Å². The number of hydrogen-bond donors (Lipinski definition) is 2. The highest BCUT2D eigenvalue weighted by Crippen LogP contribution is 2.39. The quantitative estimate of drug-likeness (QED) is 0.395. The molecule has 0 fully saturated rings. The molecule has 1 unspecified atom stereocenters. The first-order valence-corrected chi connectivity index (χ1v) is 11.1. The van der Waals surface area contributed by atoms with E-state index in [9.17, 15) is 5.11 Å². The first-order chi connectivity index (χ1) is 16.7. The Hall–Kier alpha value is -4.39. The van der Waals surface area contributed by atoms with Crippen molar-refractivity contribution in [1.82, 2.24) is 20.2 Å². The average molecular weight is 450 g/mol. The lowest BCUT2D eigenvalue weighted by Gasteiger charge is -2.25. The Bertz CT molecular complexity index is 1480. The van der Waals surface area contributed by atoms with Crippen molar-refractivity contribution >= 4 is 10.9 Å². The number of nitrogens with one attached hydrogen (secondary N) is 1. The maximum atomic E-state index is 11.0. The first kappa shape index (κ1) is 20.2. The van der Waals surface area contributed by atoms with E-state index in [-0.39, 0.29) is 11.8 Å². The number of aromatic hydroxyl groups is 1. The molecule has 2 N–H and O–H groups in total. The fourth-order valence-electron chi connectivity index (χ4n) is 4.49. The van der Waals surface area contributed by atoms with Gasteiger partial charge in [0.05, 0.1) is 36.7 Å². The van der Waals surface area contributed by atoms with Crippen molar-refractivity contribution < 1.29 is 14.6 Å². The Balaban J connectivity index is 1.49. The second-order valence-corrected chi connectivity index (χ2v) is 8.36. The van der Waals surface area contributed by atoms with E-state index < -0.39 is 0 Å². The van der Waals surface area contributed by atoms with Gasteiger partial charge in [0, 0.05) is 17.3 Å². The van der Waals surface area contributed by atoms with Gasteiger partial charge >= 0.3 is 0 Å². The van der Waals surface area contributed by atoms with Crippen LogP contribution in [0.2, 0.25) is 0 Å². The minimum atomic E-state index is -0.0907. The largest absolute Gasteiger partial charge is 0.497 e. The lowest BCUT2D eigenvalue weighted by Crippen LogP contribution is -2.21. The number of hydrogen-bond acceptors (Lipinski definition) is 6. The second kappa shape index (κ2) is 8.19. The van der Waals surface area contributed by atoms with E-state index in [1.807, 2.05) is 60.8 Å². The topological polar surface area (TPSA) is 93.2 Å². The van der Waals surface area contributed by atoms with Crippen LogP contribution in [-0.2, 0) is 6.42 Å². The summed E-state index contributed by atoms with van der Waals surface area (Å²) in [5.41, 5.74) is 5.53. The van der Waals surface area contributed by atoms with Gasteiger partial charge in [-0.05, 0) is 53.4 Å². The summed E-state index contributed by atoms with van der Waals surface area (Å²) >= 11 is 0. The van der Waals surface area contributed by atoms with Crippen LogP contribution in [0.15, 0.2) is 73.1 Å². The third-order valence-electron chi connectivity index (χ3n) is 6.25. The summed E-state index contributed by atoms with van der Waals surface area (Å²) in [5.74, 6) is 2.05. The molecule has 0 radical (unpaired) electrons. The third-order valence-corrected chi connectivity index (χ3v) is 6.25. The molecule has 3 heterocycles. The average Bonchev–Trinajstić information content (AvgIpc) is 3.43. The van der Waals surface area contributed by atoms with Crippen LogP contribution in [0.1, 0.15) is 17.3 Å². The molecule has 0 saturated heterocycles. The maximum absolute atomic E-state index is 11.0. The lowest BCUT2D eigenvalue weighted by molar-refractivity contribution is 0.256. The molecular weight excluding hydrogens is 428 g/mol. The molecular formula is C27H22N4O3. The van der Waals surface area contributed by atoms with Gasteiger partial charge in [0.2, 0.25) is 5.88 Å². The molecule has 7 nitrogen and oxygen atoms in total. The van der Waals surface area contributed by atoms with Crippen LogP contribution >= 0.6 is 0 Å². The normalized spacial score (nSPS) is 15.0. The summed E-state index contributed by atoms with van der Waals surface area (Å²) in [6.45, 7) is 0.443. The van der Waals surface area contributed by atoms with Crippen LogP contribution in [-0.4, -0.2) is 39.0 Å². The smallest absolute Gasteiger partial charge is 0.222 e. The van der Waals surface area contributed by atoms with Gasteiger partial charge in [-0.2, -0.15) is 10.1 Å². The predicted octanol–water partition coefficient (Wildman–Crippen LogP) is 5.12. The Labute approximate surface area is 196 Å². The predicted molar refractivity (Wildman–Crippen MR) is 129 cm³/mol. The van der Waals surface area contributed by atoms with Gasteiger partial charge in [-0.1, -0.05) is 30.3 Å². The minimum Gasteiger partial charge on any atom is -0.497 e. The molecule has 0 aliphatic carbocycles. The molecule has 5 aromatic rings. The molecule has 1 aliphatic heterocycles. The molecule has 0 spiro atoms. The summed E-state index contributed by atoms with van der Waals surface area (Å²) in [4.78, 5) is 9.48. The number of aromatic nitrogens is 4. The molecule has 34 heavy (non-hydrogen) atoms. The number of rotatable bonds is 4. The monoisotopic (exact) mass is 450 g/mol. The summed E-state index contributed by atoms with van der Waals surface area (Å²) in [6.07, 6.45) is 4.28. The molecule has 6 rings (SSSR count). The van der Waals surface area contributed by atoms with Gasteiger partial charge in [0.15, 0.2) is 0 Å². The van der Waals surface area contributed by atoms with Crippen molar-refractivity contribution in [3.8, 4) is 39.6 Å². The van der Waals surface area contributed by atoms with Crippen molar-refractivity contribution in [3.05, 3.63) is 84.4 Å². The Morgan fingerprint density at radius 2 is 1.88 bits per heavy atom. The maximum Gasteiger partial charge on any atom is 0.222 e. The van der Waals surface area contributed by atoms with Gasteiger partial charge in [-0.3, -0.25) is 5.10 Å². The van der Waals surface area contributed by atoms with Crippen molar-refractivity contribution in [3.63, 3.8) is 0 Å². The standard InChI is InChI=1S/C27H22N4O3/c1-33-21-7-8-24-18(10-21)9-19(15-34-24)26-30-25-22(16-5-3-2-4-6-16)11-17(20-13-28-29-14-20)12-23(25)27(32)31-26/h2-8,10-14,19H,9,15H2,1H3,(H,28,29)(H,30,31,32). The van der Waals surface area contributed by atoms with E-state index in [2.05, 4.69) is 21.2 Å². The van der Waals surface area contributed by atoms with E-state index in [0.717, 1.165) is 39.3 Å². The number of benzene rings is 3. The second-order valence-electron chi connectivity index (χ2n) is 8.36. The Morgan fingerprint density at radius 1 is 1.00 bits per heavy atom. The van der Waals surface area contributed by atoms with Crippen LogP contribution in [0, 0.1) is 0 Å². The van der Waals surface area contributed by atoms with Gasteiger partial charge in [-0.15, -0.1) is 0 Å². The zero-order valence-corrected chi connectivity index (χ0v) is 18.5. The molecule has 1 aliphatic rings. The number of H-pyrrole nitrogens is 1. The number of nitrogens with zero attached hydrogens (tertiary/aromatic N) is 3. The summed E-state index contributed by atoms with van der Waals surface area (Å²) in [7, 11) is 1.65. The van der Waals surface area contributed by atoms with E-state index in [4.69, 9.17) is 14.5 Å². The van der Waals surface area contributed by atoms with Crippen molar-refractivity contribution in [2.24, 2.45) is 0 Å². The van der Waals surface area contributed by atoms with Crippen LogP contribution in [0.5, 0.6) is 17.4 Å². The highest BCUT2D eigenvalue weighted by Gasteiger charge is 2.26.